The fourth-order valence-corrected chi connectivity index (χ4v) is 2.48. The Bertz CT molecular complexity index is 907. The summed E-state index contributed by atoms with van der Waals surface area (Å²) in [5.41, 5.74) is 4.19. The largest absolute Gasteiger partial charge is 0.463 e. The van der Waals surface area contributed by atoms with Crippen LogP contribution in [-0.4, -0.2) is 14.4 Å². The lowest BCUT2D eigenvalue weighted by molar-refractivity contribution is 0.580. The number of benzene rings is 1. The third-order valence-electron chi connectivity index (χ3n) is 3.46. The SMILES string of the molecule is Cc1cccc(-c2cc(-c3ccco3)nc3nccn23)c1. The molecule has 3 aromatic heterocycles. The molecule has 0 unspecified atom stereocenters. The van der Waals surface area contributed by atoms with Crippen LogP contribution in [0.25, 0.3) is 28.5 Å². The Balaban J connectivity index is 2.01. The van der Waals surface area contributed by atoms with Gasteiger partial charge in [0.2, 0.25) is 5.78 Å². The first-order chi connectivity index (χ1) is 10.3. The van der Waals surface area contributed by atoms with E-state index in [1.54, 1.807) is 12.5 Å². The maximum absolute atomic E-state index is 5.46. The fraction of sp³-hybridized carbons (Fsp3) is 0.0588. The normalized spacial score (nSPS) is 11.1. The van der Waals surface area contributed by atoms with Crippen molar-refractivity contribution in [1.29, 1.82) is 0 Å². The molecule has 0 amide bonds. The molecule has 4 heteroatoms. The number of aromatic nitrogens is 3. The number of nitrogens with zero attached hydrogens (tertiary/aromatic N) is 3. The number of hydrogen-bond acceptors (Lipinski definition) is 3. The first-order valence-corrected chi connectivity index (χ1v) is 6.76. The van der Waals surface area contributed by atoms with Crippen molar-refractivity contribution in [3.63, 3.8) is 0 Å². The van der Waals surface area contributed by atoms with Gasteiger partial charge in [-0.05, 0) is 36.8 Å². The highest BCUT2D eigenvalue weighted by atomic mass is 16.3. The second-order valence-corrected chi connectivity index (χ2v) is 4.97. The lowest BCUT2D eigenvalue weighted by Gasteiger charge is -2.08. The standard InChI is InChI=1S/C17H13N3O/c1-12-4-2-5-13(10-12)15-11-14(16-6-3-9-21-16)19-17-18-7-8-20(15)17/h2-11H,1H3. The molecule has 3 heterocycles. The van der Waals surface area contributed by atoms with Crippen LogP contribution in [0.5, 0.6) is 0 Å². The molecular weight excluding hydrogens is 262 g/mol. The van der Waals surface area contributed by atoms with Gasteiger partial charge in [0.1, 0.15) is 5.69 Å². The van der Waals surface area contributed by atoms with E-state index in [4.69, 9.17) is 4.42 Å². The van der Waals surface area contributed by atoms with Gasteiger partial charge >= 0.3 is 0 Å². The highest BCUT2D eigenvalue weighted by Gasteiger charge is 2.11. The van der Waals surface area contributed by atoms with Gasteiger partial charge in [0.25, 0.3) is 0 Å². The minimum Gasteiger partial charge on any atom is -0.463 e. The highest BCUT2D eigenvalue weighted by molar-refractivity contribution is 5.69. The molecule has 4 rings (SSSR count). The summed E-state index contributed by atoms with van der Waals surface area (Å²) in [6.07, 6.45) is 5.33. The number of hydrogen-bond donors (Lipinski definition) is 0. The van der Waals surface area contributed by atoms with Gasteiger partial charge in [-0.1, -0.05) is 23.8 Å². The molecule has 0 radical (unpaired) electrons. The molecule has 1 aromatic carbocycles. The summed E-state index contributed by atoms with van der Waals surface area (Å²) in [4.78, 5) is 8.85. The molecule has 0 spiro atoms. The molecule has 21 heavy (non-hydrogen) atoms. The second kappa shape index (κ2) is 4.59. The predicted octanol–water partition coefficient (Wildman–Crippen LogP) is 3.96. The van der Waals surface area contributed by atoms with Crippen LogP contribution in [0.3, 0.4) is 0 Å². The van der Waals surface area contributed by atoms with Gasteiger partial charge in [0, 0.05) is 12.4 Å². The van der Waals surface area contributed by atoms with Crippen LogP contribution in [0.15, 0.2) is 65.5 Å². The van der Waals surface area contributed by atoms with Crippen molar-refractivity contribution in [2.75, 3.05) is 0 Å². The van der Waals surface area contributed by atoms with Crippen molar-refractivity contribution in [3.8, 4) is 22.7 Å². The minimum atomic E-state index is 0.667. The van der Waals surface area contributed by atoms with Gasteiger partial charge in [0.15, 0.2) is 5.76 Å². The Kier molecular flexibility index (Phi) is 2.60. The molecule has 0 bridgehead atoms. The van der Waals surface area contributed by atoms with Gasteiger partial charge in [-0.3, -0.25) is 4.40 Å². The Morgan fingerprint density at radius 1 is 1.10 bits per heavy atom. The first kappa shape index (κ1) is 11.9. The van der Waals surface area contributed by atoms with E-state index in [0.29, 0.717) is 5.78 Å². The zero-order chi connectivity index (χ0) is 14.2. The molecule has 0 atom stereocenters. The number of furan rings is 1. The van der Waals surface area contributed by atoms with Crippen molar-refractivity contribution in [2.24, 2.45) is 0 Å². The fourth-order valence-electron chi connectivity index (χ4n) is 2.48. The third-order valence-corrected chi connectivity index (χ3v) is 3.46. The van der Waals surface area contributed by atoms with E-state index >= 15 is 0 Å². The molecule has 0 saturated heterocycles. The first-order valence-electron chi connectivity index (χ1n) is 6.76. The molecule has 0 saturated carbocycles. The molecule has 0 aliphatic carbocycles. The molecule has 0 aliphatic rings. The molecule has 0 fully saturated rings. The molecule has 4 nitrogen and oxygen atoms in total. The van der Waals surface area contributed by atoms with E-state index in [0.717, 1.165) is 22.7 Å². The summed E-state index contributed by atoms with van der Waals surface area (Å²) in [7, 11) is 0. The second-order valence-electron chi connectivity index (χ2n) is 4.97. The number of imidazole rings is 1. The topological polar surface area (TPSA) is 43.3 Å². The van der Waals surface area contributed by atoms with Crippen LogP contribution in [0.2, 0.25) is 0 Å². The van der Waals surface area contributed by atoms with E-state index in [1.165, 1.54) is 5.56 Å². The van der Waals surface area contributed by atoms with Gasteiger partial charge in [-0.15, -0.1) is 0 Å². The molecule has 102 valence electrons. The van der Waals surface area contributed by atoms with Crippen molar-refractivity contribution in [1.82, 2.24) is 14.4 Å². The molecule has 0 aliphatic heterocycles. The Labute approximate surface area is 121 Å². The van der Waals surface area contributed by atoms with Crippen LogP contribution in [-0.2, 0) is 0 Å². The Hall–Kier alpha value is -2.88. The van der Waals surface area contributed by atoms with Gasteiger partial charge in [-0.2, -0.15) is 0 Å². The summed E-state index contributed by atoms with van der Waals surface area (Å²) in [6, 6.07) is 14.2. The average Bonchev–Trinajstić information content (AvgIpc) is 3.17. The summed E-state index contributed by atoms with van der Waals surface area (Å²) in [5, 5.41) is 0. The Morgan fingerprint density at radius 3 is 2.86 bits per heavy atom. The van der Waals surface area contributed by atoms with Gasteiger partial charge in [-0.25, -0.2) is 9.97 Å². The zero-order valence-corrected chi connectivity index (χ0v) is 11.5. The maximum Gasteiger partial charge on any atom is 0.234 e. The number of rotatable bonds is 2. The number of fused-ring (bicyclic) bond motifs is 1. The summed E-state index contributed by atoms with van der Waals surface area (Å²) < 4.78 is 7.45. The lowest BCUT2D eigenvalue weighted by atomic mass is 10.1. The van der Waals surface area contributed by atoms with E-state index in [1.807, 2.05) is 28.8 Å². The summed E-state index contributed by atoms with van der Waals surface area (Å²) >= 11 is 0. The van der Waals surface area contributed by atoms with E-state index in [2.05, 4.69) is 41.2 Å². The number of aryl methyl sites for hydroxylation is 1. The van der Waals surface area contributed by atoms with Crippen LogP contribution in [0, 0.1) is 6.92 Å². The van der Waals surface area contributed by atoms with E-state index in [9.17, 15) is 0 Å². The van der Waals surface area contributed by atoms with E-state index < -0.39 is 0 Å². The zero-order valence-electron chi connectivity index (χ0n) is 11.5. The van der Waals surface area contributed by atoms with Crippen LogP contribution >= 0.6 is 0 Å². The molecule has 4 aromatic rings. The van der Waals surface area contributed by atoms with Crippen molar-refractivity contribution < 1.29 is 4.42 Å². The van der Waals surface area contributed by atoms with Crippen LogP contribution in [0.4, 0.5) is 0 Å². The van der Waals surface area contributed by atoms with Gasteiger partial charge in [0.05, 0.1) is 12.0 Å². The predicted molar refractivity (Wildman–Crippen MR) is 80.9 cm³/mol. The summed E-state index contributed by atoms with van der Waals surface area (Å²) in [6.45, 7) is 2.09. The molecule has 0 N–H and O–H groups in total. The van der Waals surface area contributed by atoms with Gasteiger partial charge < -0.3 is 4.42 Å². The maximum atomic E-state index is 5.46. The summed E-state index contributed by atoms with van der Waals surface area (Å²) in [5.74, 6) is 1.41. The van der Waals surface area contributed by atoms with Crippen molar-refractivity contribution in [3.05, 3.63) is 66.7 Å². The average molecular weight is 275 g/mol. The third kappa shape index (κ3) is 2.01. The van der Waals surface area contributed by atoms with E-state index in [-0.39, 0.29) is 0 Å². The minimum absolute atomic E-state index is 0.667. The van der Waals surface area contributed by atoms with Crippen molar-refractivity contribution >= 4 is 5.78 Å². The smallest absolute Gasteiger partial charge is 0.234 e. The van der Waals surface area contributed by atoms with Crippen LogP contribution < -0.4 is 0 Å². The highest BCUT2D eigenvalue weighted by Crippen LogP contribution is 2.26. The van der Waals surface area contributed by atoms with Crippen LogP contribution in [0.1, 0.15) is 5.56 Å². The quantitative estimate of drug-likeness (QED) is 0.556. The Morgan fingerprint density at radius 2 is 2.05 bits per heavy atom. The van der Waals surface area contributed by atoms with Crippen molar-refractivity contribution in [2.45, 2.75) is 6.92 Å². The lowest BCUT2D eigenvalue weighted by Crippen LogP contribution is -1.96. The molecular formula is C17H13N3O. The monoisotopic (exact) mass is 275 g/mol.